The number of ether oxygens (including phenoxy) is 9. The third kappa shape index (κ3) is 21.6. The van der Waals surface area contributed by atoms with Gasteiger partial charge in [-0.15, -0.1) is 0 Å². The number of methoxy groups -OCH3 is 3. The summed E-state index contributed by atoms with van der Waals surface area (Å²) >= 11 is 5.54. The molecule has 0 aromatic carbocycles. The van der Waals surface area contributed by atoms with Gasteiger partial charge in [-0.2, -0.15) is 0 Å². The highest BCUT2D eigenvalue weighted by molar-refractivity contribution is 7.80. The molecule has 5 N–H and O–H groups in total. The van der Waals surface area contributed by atoms with Crippen LogP contribution < -0.4 is 5.32 Å². The number of Topliss-reactive ketones (excluding diaryl/α,β-unsaturated/α-hetero) is 2. The highest BCUT2D eigenvalue weighted by Crippen LogP contribution is 2.38. The Morgan fingerprint density at radius 3 is 2.15 bits per heavy atom. The number of hydrogen-bond acceptors (Lipinski definition) is 18. The third-order valence-electron chi connectivity index (χ3n) is 16.4. The smallest absolute Gasteiger partial charge is 0.329 e. The number of nitrogens with one attached hydrogen (secondary N) is 1. The number of carbonyl (C=O) groups is 4. The summed E-state index contributed by atoms with van der Waals surface area (Å²) in [5.41, 5.74) is 1.16. The molecule has 3 heterocycles. The minimum absolute atomic E-state index is 0.0383. The van der Waals surface area contributed by atoms with Crippen molar-refractivity contribution in [1.82, 2.24) is 10.2 Å². The van der Waals surface area contributed by atoms with Crippen LogP contribution in [0.25, 0.3) is 0 Å². The van der Waals surface area contributed by atoms with Gasteiger partial charge < -0.3 is 73.3 Å². The summed E-state index contributed by atoms with van der Waals surface area (Å²) in [6.07, 6.45) is 9.57. The quantitative estimate of drug-likeness (QED) is 0.0352. The Morgan fingerprint density at radius 2 is 1.48 bits per heavy atom. The van der Waals surface area contributed by atoms with E-state index in [4.69, 9.17) is 54.8 Å². The van der Waals surface area contributed by atoms with E-state index in [9.17, 15) is 39.6 Å². The van der Waals surface area contributed by atoms with Gasteiger partial charge in [-0.05, 0) is 119 Å². The van der Waals surface area contributed by atoms with Crippen molar-refractivity contribution in [3.8, 4) is 0 Å². The number of hydrogen-bond donors (Lipinski definition) is 5. The van der Waals surface area contributed by atoms with Gasteiger partial charge in [-0.25, -0.2) is 4.79 Å². The van der Waals surface area contributed by atoms with E-state index in [1.165, 1.54) is 4.90 Å². The molecule has 0 unspecified atom stereocenters. The number of piperidine rings is 1. The predicted octanol–water partition coefficient (Wildman–Crippen LogP) is 5.91. The molecule has 0 radical (unpaired) electrons. The summed E-state index contributed by atoms with van der Waals surface area (Å²) in [4.78, 5) is 58.1. The van der Waals surface area contributed by atoms with Crippen LogP contribution in [0, 0.1) is 35.5 Å². The molecule has 2 saturated heterocycles. The van der Waals surface area contributed by atoms with Crippen molar-refractivity contribution in [2.24, 2.45) is 35.5 Å². The summed E-state index contributed by atoms with van der Waals surface area (Å²) in [5.74, 6) is -8.08. The standard InChI is InChI=1S/C60H98N2O17S/c1-38-16-12-11-13-17-39(2)50(72-9)36-46-21-19-44(7)60(70,79-46)56(67)57(68)62-24-15-14-18-47(62)58(69)77-51(37-48(63)40(3)33-43(6)54(65)55(66)53(64)42(5)32-38)41(4)34-45-20-22-49(52(35-45)73-10)78-59(80)61-23-25-74-28-29-76-31-30-75-27-26-71-8/h11-13,16-17,33,38,40-42,44-52,54-55,63,65-66,70H,14-15,18-32,34-37H2,1-10H3,(H,61,80)/b13-11+,16-12+,39-17+,43-33+/t38-,40-,41-,42-,44-,45+,46+,47+,48-,49-,50+,51+,52-,54-,55+,60-/m1/s1. The summed E-state index contributed by atoms with van der Waals surface area (Å²) < 4.78 is 52.1. The van der Waals surface area contributed by atoms with Crippen LogP contribution in [-0.2, 0) is 61.8 Å². The monoisotopic (exact) mass is 1150 g/mol. The number of fused-ring (bicyclic) bond motifs is 3. The van der Waals surface area contributed by atoms with Crippen LogP contribution in [0.15, 0.2) is 47.6 Å². The number of nitrogens with zero attached hydrogens (tertiary/aromatic N) is 1. The molecule has 0 aromatic rings. The number of amides is 1. The second-order valence-corrected chi connectivity index (χ2v) is 23.1. The van der Waals surface area contributed by atoms with Gasteiger partial charge in [0, 0.05) is 65.0 Å². The first-order valence-corrected chi connectivity index (χ1v) is 29.5. The van der Waals surface area contributed by atoms with Crippen LogP contribution in [0.1, 0.15) is 126 Å². The SMILES string of the molecule is COCCOCCOCCOCCNC(=S)O[C@@H]1CC[C@@H](C[C@@H](C)[C@@H]2C[C@@H](O)[C@H](C)/C=C(\C)[C@@H](O)[C@@H](O)C(=O)[C@H](C)C[C@H](C)/C=C/C=C/C=C(\C)[C@@H](OC)C[C@@H]3CC[C@@H](C)[C@@](O)(O3)C(=O)C(=O)N3CCCC[C@H]3C(=O)O2)C[C@H]1OC. The second-order valence-electron chi connectivity index (χ2n) is 22.7. The fourth-order valence-electron chi connectivity index (χ4n) is 11.2. The summed E-state index contributed by atoms with van der Waals surface area (Å²) in [6, 6.07) is -1.15. The third-order valence-corrected chi connectivity index (χ3v) is 16.6. The molecule has 2 bridgehead atoms. The van der Waals surface area contributed by atoms with Crippen LogP contribution in [0.5, 0.6) is 0 Å². The Balaban J connectivity index is 1.53. The Morgan fingerprint density at radius 1 is 0.787 bits per heavy atom. The average Bonchev–Trinajstić information content (AvgIpc) is 3.45. The number of aliphatic hydroxyl groups excluding tert-OH is 3. The Bertz CT molecular complexity index is 2050. The first-order valence-electron chi connectivity index (χ1n) is 29.1. The van der Waals surface area contributed by atoms with E-state index in [0.717, 1.165) is 12.0 Å². The number of cyclic esters (lactones) is 1. The molecule has 3 aliphatic heterocycles. The minimum Gasteiger partial charge on any atom is -0.465 e. The zero-order valence-corrected chi connectivity index (χ0v) is 50.2. The topological polar surface area (TPSA) is 248 Å². The molecule has 0 spiro atoms. The number of allylic oxidation sites excluding steroid dienone is 5. The maximum atomic E-state index is 14.6. The predicted molar refractivity (Wildman–Crippen MR) is 305 cm³/mol. The van der Waals surface area contributed by atoms with Crippen molar-refractivity contribution in [3.05, 3.63) is 47.6 Å². The Kier molecular flexibility index (Phi) is 30.7. The molecule has 456 valence electrons. The van der Waals surface area contributed by atoms with Crippen molar-refractivity contribution in [3.63, 3.8) is 0 Å². The number of carbonyl (C=O) groups excluding carboxylic acids is 4. The first kappa shape index (κ1) is 69.0. The minimum atomic E-state index is -2.45. The maximum Gasteiger partial charge on any atom is 0.329 e. The first-order chi connectivity index (χ1) is 38.1. The van der Waals surface area contributed by atoms with E-state index in [1.54, 1.807) is 55.1 Å². The van der Waals surface area contributed by atoms with Crippen LogP contribution in [0.4, 0.5) is 0 Å². The molecule has 1 amide bonds. The van der Waals surface area contributed by atoms with Gasteiger partial charge in [0.2, 0.25) is 5.79 Å². The molecule has 80 heavy (non-hydrogen) atoms. The molecule has 1 saturated carbocycles. The lowest BCUT2D eigenvalue weighted by atomic mass is 9.78. The Hall–Kier alpha value is -3.51. The summed E-state index contributed by atoms with van der Waals surface area (Å²) in [7, 11) is 4.82. The molecule has 20 heteroatoms. The summed E-state index contributed by atoms with van der Waals surface area (Å²) in [5, 5.41) is 49.7. The fraction of sp³-hybridized carbons (Fsp3) is 0.783. The highest BCUT2D eigenvalue weighted by atomic mass is 32.1. The lowest BCUT2D eigenvalue weighted by Gasteiger charge is -2.43. The van der Waals surface area contributed by atoms with Crippen LogP contribution in [-0.4, -0.2) is 195 Å². The van der Waals surface area contributed by atoms with Crippen molar-refractivity contribution in [2.45, 2.75) is 186 Å². The molecule has 4 aliphatic rings. The van der Waals surface area contributed by atoms with Crippen LogP contribution in [0.3, 0.4) is 0 Å². The molecule has 0 aromatic heterocycles. The van der Waals surface area contributed by atoms with E-state index in [1.807, 2.05) is 51.2 Å². The molecule has 4 rings (SSSR count). The van der Waals surface area contributed by atoms with Crippen molar-refractivity contribution >= 4 is 40.8 Å². The number of aliphatic hydroxyl groups is 4. The zero-order chi connectivity index (χ0) is 58.9. The number of ketones is 2. The van der Waals surface area contributed by atoms with Crippen molar-refractivity contribution in [2.75, 3.05) is 80.7 Å². The molecular weight excluding hydrogens is 1050 g/mol. The van der Waals surface area contributed by atoms with Crippen LogP contribution >= 0.6 is 12.2 Å². The van der Waals surface area contributed by atoms with E-state index < -0.39 is 89.6 Å². The fourth-order valence-corrected chi connectivity index (χ4v) is 11.5. The molecule has 3 fully saturated rings. The molecule has 19 nitrogen and oxygen atoms in total. The highest BCUT2D eigenvalue weighted by Gasteiger charge is 2.53. The lowest BCUT2D eigenvalue weighted by molar-refractivity contribution is -0.265. The molecule has 1 aliphatic carbocycles. The summed E-state index contributed by atoms with van der Waals surface area (Å²) in [6.45, 7) is 16.3. The van der Waals surface area contributed by atoms with Gasteiger partial charge in [0.15, 0.2) is 5.78 Å². The number of thiocarbonyl (C=S) groups is 1. The van der Waals surface area contributed by atoms with E-state index >= 15 is 0 Å². The number of rotatable bonds is 18. The van der Waals surface area contributed by atoms with Gasteiger partial charge in [0.25, 0.3) is 16.9 Å². The maximum absolute atomic E-state index is 14.6. The van der Waals surface area contributed by atoms with E-state index in [2.05, 4.69) is 5.32 Å². The zero-order valence-electron chi connectivity index (χ0n) is 49.4. The van der Waals surface area contributed by atoms with Gasteiger partial charge >= 0.3 is 5.97 Å². The molecular formula is C60H98N2O17S. The van der Waals surface area contributed by atoms with E-state index in [-0.39, 0.29) is 54.5 Å². The van der Waals surface area contributed by atoms with Gasteiger partial charge in [0.05, 0.1) is 70.7 Å². The largest absolute Gasteiger partial charge is 0.465 e. The van der Waals surface area contributed by atoms with Gasteiger partial charge in [-0.1, -0.05) is 71.1 Å². The normalized spacial score (nSPS) is 35.9. The van der Waals surface area contributed by atoms with E-state index in [0.29, 0.717) is 116 Å². The Labute approximate surface area is 481 Å². The number of esters is 1. The second kappa shape index (κ2) is 35.6. The van der Waals surface area contributed by atoms with Gasteiger partial charge in [-0.3, -0.25) is 14.4 Å². The lowest BCUT2D eigenvalue weighted by Crippen LogP contribution is -2.61. The van der Waals surface area contributed by atoms with Crippen molar-refractivity contribution < 1.29 is 82.2 Å². The average molecular weight is 1150 g/mol. The molecule has 16 atom stereocenters. The van der Waals surface area contributed by atoms with Crippen molar-refractivity contribution in [1.29, 1.82) is 0 Å². The van der Waals surface area contributed by atoms with Crippen LogP contribution in [0.2, 0.25) is 0 Å². The van der Waals surface area contributed by atoms with Gasteiger partial charge in [0.1, 0.15) is 30.5 Å².